The van der Waals surface area contributed by atoms with Gasteiger partial charge in [0.1, 0.15) is 0 Å². The molecule has 0 radical (unpaired) electrons. The van der Waals surface area contributed by atoms with E-state index in [1.807, 2.05) is 0 Å². The summed E-state index contributed by atoms with van der Waals surface area (Å²) in [6, 6.07) is 0. The van der Waals surface area contributed by atoms with Crippen LogP contribution in [0.25, 0.3) is 0 Å². The van der Waals surface area contributed by atoms with Gasteiger partial charge in [-0.25, -0.2) is 0 Å². The molecule has 0 aromatic heterocycles. The highest BCUT2D eigenvalue weighted by Crippen LogP contribution is 2.40. The van der Waals surface area contributed by atoms with Crippen molar-refractivity contribution in [3.63, 3.8) is 0 Å². The van der Waals surface area contributed by atoms with E-state index >= 15 is 0 Å². The zero-order chi connectivity index (χ0) is 56.7. The second-order valence-corrected chi connectivity index (χ2v) is 17.9. The van der Waals surface area contributed by atoms with Crippen LogP contribution in [0.2, 0.25) is 0 Å². The predicted octanol–water partition coefficient (Wildman–Crippen LogP) is 1.52. The molecule has 0 aliphatic carbocycles. The van der Waals surface area contributed by atoms with Crippen LogP contribution < -0.4 is 0 Å². The first kappa shape index (κ1) is 75.1. The lowest BCUT2D eigenvalue weighted by Crippen LogP contribution is -2.58. The van der Waals surface area contributed by atoms with Crippen molar-refractivity contribution in [2.45, 2.75) is 25.7 Å². The van der Waals surface area contributed by atoms with Crippen LogP contribution in [0.5, 0.6) is 0 Å². The average Bonchev–Trinajstić information content (AvgIpc) is 3.51. The van der Waals surface area contributed by atoms with E-state index < -0.39 is 5.97 Å². The maximum absolute atomic E-state index is 5.78. The molecule has 0 saturated carbocycles. The Hall–Kier alpha value is -1.04. The van der Waals surface area contributed by atoms with Crippen molar-refractivity contribution in [2.24, 2.45) is 5.41 Å². The molecule has 478 valence electrons. The molecule has 3 fully saturated rings. The van der Waals surface area contributed by atoms with Crippen LogP contribution >= 0.6 is 0 Å². The Morgan fingerprint density at radius 2 is 0.350 bits per heavy atom. The Balaban J connectivity index is 1.09. The van der Waals surface area contributed by atoms with Gasteiger partial charge in [0, 0.05) is 25.6 Å². The fourth-order valence-electron chi connectivity index (χ4n) is 6.57. The normalized spacial score (nSPS) is 17.2. The van der Waals surface area contributed by atoms with Crippen molar-refractivity contribution in [1.29, 1.82) is 0 Å². The molecule has 0 aromatic carbocycles. The first-order chi connectivity index (χ1) is 39.7. The van der Waals surface area contributed by atoms with Crippen molar-refractivity contribution >= 4 is 0 Å². The van der Waals surface area contributed by atoms with Crippen LogP contribution in [0.3, 0.4) is 0 Å². The highest BCUT2D eigenvalue weighted by atomic mass is 16.9. The van der Waals surface area contributed by atoms with Gasteiger partial charge in [0.25, 0.3) is 5.97 Å². The highest BCUT2D eigenvalue weighted by molar-refractivity contribution is 4.84. The van der Waals surface area contributed by atoms with E-state index in [-0.39, 0.29) is 5.41 Å². The van der Waals surface area contributed by atoms with Crippen LogP contribution in [-0.4, -0.2) is 330 Å². The molecule has 3 aliphatic rings. The average molecular weight is 1170 g/mol. The molecule has 0 spiro atoms. The van der Waals surface area contributed by atoms with Gasteiger partial charge >= 0.3 is 0 Å². The van der Waals surface area contributed by atoms with E-state index in [1.54, 1.807) is 7.11 Å². The van der Waals surface area contributed by atoms with Gasteiger partial charge in [-0.2, -0.15) is 0 Å². The molecule has 0 unspecified atom stereocenters. The van der Waals surface area contributed by atoms with Gasteiger partial charge in [-0.3, -0.25) is 0 Å². The van der Waals surface area contributed by atoms with Crippen molar-refractivity contribution in [2.75, 3.05) is 324 Å². The second-order valence-electron chi connectivity index (χ2n) is 17.9. The van der Waals surface area contributed by atoms with E-state index in [9.17, 15) is 0 Å². The lowest BCUT2D eigenvalue weighted by atomic mass is 9.91. The van der Waals surface area contributed by atoms with Crippen molar-refractivity contribution < 1.29 is 123 Å². The maximum atomic E-state index is 5.78. The highest BCUT2D eigenvalue weighted by Gasteiger charge is 2.49. The monoisotopic (exact) mass is 1170 g/mol. The number of rotatable bonds is 70. The third kappa shape index (κ3) is 52.5. The summed E-state index contributed by atoms with van der Waals surface area (Å²) in [5, 5.41) is 0. The third-order valence-electron chi connectivity index (χ3n) is 10.9. The zero-order valence-corrected chi connectivity index (χ0v) is 49.0. The maximum Gasteiger partial charge on any atom is 0.283 e. The van der Waals surface area contributed by atoms with Crippen LogP contribution in [0.1, 0.15) is 19.8 Å². The summed E-state index contributed by atoms with van der Waals surface area (Å²) in [5.41, 5.74) is -0.0191. The van der Waals surface area contributed by atoms with Gasteiger partial charge in [-0.15, -0.1) is 0 Å². The third-order valence-corrected chi connectivity index (χ3v) is 10.9. The van der Waals surface area contributed by atoms with E-state index in [0.29, 0.717) is 324 Å². The standard InChI is InChI=1S/C54H106O26/c1-53-50-78-54(79-51-53,80-52-53)4-3-5-56-8-9-58-12-13-60-16-17-62-20-21-64-24-25-66-28-29-68-32-33-70-36-37-72-40-41-74-44-45-76-48-49-77-47-46-75-43-42-73-39-38-71-35-34-69-31-30-67-27-26-65-23-22-63-19-18-61-15-14-59-11-10-57-7-6-55-2/h3-52H2,1-2H3. The molecule has 3 rings (SSSR count). The van der Waals surface area contributed by atoms with E-state index in [2.05, 4.69) is 6.92 Å². The summed E-state index contributed by atoms with van der Waals surface area (Å²) < 4.78 is 143. The topological polar surface area (TPSA) is 240 Å². The Morgan fingerprint density at radius 3 is 0.500 bits per heavy atom. The molecule has 3 heterocycles. The van der Waals surface area contributed by atoms with Crippen molar-refractivity contribution in [1.82, 2.24) is 0 Å². The lowest BCUT2D eigenvalue weighted by Gasteiger charge is -2.50. The summed E-state index contributed by atoms with van der Waals surface area (Å²) in [5.74, 6) is -0.880. The van der Waals surface area contributed by atoms with Gasteiger partial charge in [0.05, 0.1) is 311 Å². The molecule has 3 aliphatic heterocycles. The van der Waals surface area contributed by atoms with E-state index in [0.717, 1.165) is 6.42 Å². The number of fused-ring (bicyclic) bond motifs is 3. The Morgan fingerprint density at radius 1 is 0.212 bits per heavy atom. The Kier molecular flexibility index (Phi) is 57.3. The van der Waals surface area contributed by atoms with Gasteiger partial charge < -0.3 is 123 Å². The summed E-state index contributed by atoms with van der Waals surface area (Å²) >= 11 is 0. The minimum atomic E-state index is -0.880. The summed E-state index contributed by atoms with van der Waals surface area (Å²) in [6.07, 6.45) is 1.45. The van der Waals surface area contributed by atoms with Crippen LogP contribution in [0.4, 0.5) is 0 Å². The molecule has 80 heavy (non-hydrogen) atoms. The fourth-order valence-corrected chi connectivity index (χ4v) is 6.57. The molecule has 0 aromatic rings. The van der Waals surface area contributed by atoms with Gasteiger partial charge in [-0.05, 0) is 6.42 Å². The van der Waals surface area contributed by atoms with E-state index in [1.165, 1.54) is 0 Å². The number of methoxy groups -OCH3 is 1. The number of ether oxygens (including phenoxy) is 26. The molecular formula is C54H106O26. The second kappa shape index (κ2) is 61.1. The van der Waals surface area contributed by atoms with Gasteiger partial charge in [0.15, 0.2) is 0 Å². The van der Waals surface area contributed by atoms with Crippen LogP contribution in [0, 0.1) is 5.41 Å². The van der Waals surface area contributed by atoms with Gasteiger partial charge in [-0.1, -0.05) is 6.92 Å². The summed E-state index contributed by atoms with van der Waals surface area (Å²) in [4.78, 5) is 0. The molecule has 26 nitrogen and oxygen atoms in total. The molecule has 0 amide bonds. The zero-order valence-electron chi connectivity index (χ0n) is 49.0. The van der Waals surface area contributed by atoms with Crippen LogP contribution in [0.15, 0.2) is 0 Å². The van der Waals surface area contributed by atoms with Crippen LogP contribution in [-0.2, 0) is 123 Å². The molecule has 2 bridgehead atoms. The molecule has 26 heteroatoms. The van der Waals surface area contributed by atoms with Gasteiger partial charge in [0.2, 0.25) is 0 Å². The Labute approximate surface area is 477 Å². The Bertz CT molecular complexity index is 1180. The summed E-state index contributed by atoms with van der Waals surface area (Å²) in [7, 11) is 1.64. The molecule has 0 atom stereocenters. The van der Waals surface area contributed by atoms with E-state index in [4.69, 9.17) is 123 Å². The largest absolute Gasteiger partial charge is 0.382 e. The molecule has 0 N–H and O–H groups in total. The molecular weight excluding hydrogens is 1060 g/mol. The quantitative estimate of drug-likeness (QED) is 0.0785. The lowest BCUT2D eigenvalue weighted by molar-refractivity contribution is -0.467. The summed E-state index contributed by atoms with van der Waals surface area (Å²) in [6.45, 7) is 26.8. The van der Waals surface area contributed by atoms with Crippen molar-refractivity contribution in [3.05, 3.63) is 0 Å². The smallest absolute Gasteiger partial charge is 0.283 e. The SMILES string of the molecule is COCCOCCOCCOCCOCCOCCOCCOCCOCCOCCOCCOCCOCCOCCOCCOCCOCCOCCOCCOCCOCCOCCOCCCC12OCC(C)(CO1)CO2. The number of hydrogen-bond donors (Lipinski definition) is 0. The van der Waals surface area contributed by atoms with Crippen molar-refractivity contribution in [3.8, 4) is 0 Å². The number of hydrogen-bond acceptors (Lipinski definition) is 26. The first-order valence-corrected chi connectivity index (χ1v) is 28.8. The minimum absolute atomic E-state index is 0.0191. The fraction of sp³-hybridized carbons (Fsp3) is 1.00. The first-order valence-electron chi connectivity index (χ1n) is 28.8. The minimum Gasteiger partial charge on any atom is -0.382 e. The predicted molar refractivity (Wildman–Crippen MR) is 288 cm³/mol. The molecule has 3 saturated heterocycles.